The second-order valence-corrected chi connectivity index (χ2v) is 4.39. The fourth-order valence-electron chi connectivity index (χ4n) is 2.04. The largest absolute Gasteiger partial charge is 0.481 e. The number of aliphatic carboxylic acids is 1. The van der Waals surface area contributed by atoms with Crippen LogP contribution in [-0.2, 0) is 14.3 Å². The van der Waals surface area contributed by atoms with Crippen LogP contribution in [0.5, 0.6) is 0 Å². The van der Waals surface area contributed by atoms with E-state index in [1.165, 1.54) is 0 Å². The van der Waals surface area contributed by atoms with E-state index in [1.54, 1.807) is 12.0 Å². The number of carbonyl (C=O) groups is 2. The minimum Gasteiger partial charge on any atom is -0.481 e. The molecule has 0 aromatic carbocycles. The molecule has 0 spiro atoms. The molecule has 0 aromatic rings. The van der Waals surface area contributed by atoms with Crippen molar-refractivity contribution in [3.63, 3.8) is 0 Å². The molecule has 5 nitrogen and oxygen atoms in total. The van der Waals surface area contributed by atoms with Gasteiger partial charge in [0.15, 0.2) is 0 Å². The van der Waals surface area contributed by atoms with Gasteiger partial charge in [0.05, 0.1) is 13.0 Å². The third-order valence-corrected chi connectivity index (χ3v) is 3.05. The third kappa shape index (κ3) is 3.48. The molecular formula is C11H19NO4. The van der Waals surface area contributed by atoms with Gasteiger partial charge in [0.1, 0.15) is 0 Å². The van der Waals surface area contributed by atoms with Crippen LogP contribution in [0.4, 0.5) is 0 Å². The number of ether oxygens (including phenoxy) is 1. The molecule has 2 atom stereocenters. The van der Waals surface area contributed by atoms with Gasteiger partial charge in [0, 0.05) is 32.5 Å². The molecular weight excluding hydrogens is 210 g/mol. The number of rotatable bonds is 5. The smallest absolute Gasteiger partial charge is 0.303 e. The molecule has 0 aliphatic carbocycles. The molecule has 1 saturated heterocycles. The fourth-order valence-corrected chi connectivity index (χ4v) is 2.04. The summed E-state index contributed by atoms with van der Waals surface area (Å²) in [6, 6.07) is 0. The quantitative estimate of drug-likeness (QED) is 0.749. The first-order chi connectivity index (χ1) is 7.54. The SMILES string of the molecule is COC[C@H]1CN(C(=O)CCC(=O)O)C[C@H]1C. The van der Waals surface area contributed by atoms with Crippen molar-refractivity contribution in [2.24, 2.45) is 11.8 Å². The Morgan fingerprint density at radius 1 is 1.38 bits per heavy atom. The van der Waals surface area contributed by atoms with E-state index in [0.717, 1.165) is 0 Å². The van der Waals surface area contributed by atoms with Crippen LogP contribution in [0.2, 0.25) is 0 Å². The number of hydrogen-bond acceptors (Lipinski definition) is 3. The van der Waals surface area contributed by atoms with Crippen molar-refractivity contribution < 1.29 is 19.4 Å². The molecule has 1 heterocycles. The maximum atomic E-state index is 11.7. The molecule has 92 valence electrons. The van der Waals surface area contributed by atoms with Crippen LogP contribution in [0.15, 0.2) is 0 Å². The monoisotopic (exact) mass is 229 g/mol. The van der Waals surface area contributed by atoms with Gasteiger partial charge in [-0.05, 0) is 5.92 Å². The van der Waals surface area contributed by atoms with E-state index in [0.29, 0.717) is 31.5 Å². The van der Waals surface area contributed by atoms with E-state index < -0.39 is 5.97 Å². The number of likely N-dealkylation sites (tertiary alicyclic amines) is 1. The van der Waals surface area contributed by atoms with Crippen molar-refractivity contribution >= 4 is 11.9 Å². The summed E-state index contributed by atoms with van der Waals surface area (Å²) in [6.45, 7) is 4.15. The Balaban J connectivity index is 2.39. The molecule has 1 amide bonds. The summed E-state index contributed by atoms with van der Waals surface area (Å²) in [7, 11) is 1.65. The maximum Gasteiger partial charge on any atom is 0.303 e. The molecule has 0 saturated carbocycles. The zero-order valence-electron chi connectivity index (χ0n) is 9.81. The second-order valence-electron chi connectivity index (χ2n) is 4.39. The van der Waals surface area contributed by atoms with Crippen molar-refractivity contribution in [1.82, 2.24) is 4.90 Å². The van der Waals surface area contributed by atoms with E-state index in [9.17, 15) is 9.59 Å². The Labute approximate surface area is 95.4 Å². The molecule has 1 N–H and O–H groups in total. The van der Waals surface area contributed by atoms with E-state index in [-0.39, 0.29) is 18.7 Å². The number of carboxylic acids is 1. The average Bonchev–Trinajstić information content (AvgIpc) is 2.57. The second kappa shape index (κ2) is 5.84. The average molecular weight is 229 g/mol. The van der Waals surface area contributed by atoms with Crippen molar-refractivity contribution in [1.29, 1.82) is 0 Å². The van der Waals surface area contributed by atoms with E-state index in [2.05, 4.69) is 6.92 Å². The van der Waals surface area contributed by atoms with Gasteiger partial charge in [-0.3, -0.25) is 9.59 Å². The predicted octanol–water partition coefficient (Wildman–Crippen LogP) is 0.592. The van der Waals surface area contributed by atoms with Gasteiger partial charge in [-0.1, -0.05) is 6.92 Å². The minimum absolute atomic E-state index is 0.0622. The van der Waals surface area contributed by atoms with Gasteiger partial charge in [-0.15, -0.1) is 0 Å². The van der Waals surface area contributed by atoms with Crippen LogP contribution < -0.4 is 0 Å². The molecule has 0 aromatic heterocycles. The van der Waals surface area contributed by atoms with Crippen LogP contribution in [0.3, 0.4) is 0 Å². The summed E-state index contributed by atoms with van der Waals surface area (Å²) in [5.74, 6) is -0.186. The zero-order valence-corrected chi connectivity index (χ0v) is 9.81. The van der Waals surface area contributed by atoms with Crippen LogP contribution in [-0.4, -0.2) is 48.7 Å². The normalized spacial score (nSPS) is 24.8. The van der Waals surface area contributed by atoms with Gasteiger partial charge in [0.25, 0.3) is 0 Å². The number of nitrogens with zero attached hydrogens (tertiary/aromatic N) is 1. The fraction of sp³-hybridized carbons (Fsp3) is 0.818. The third-order valence-electron chi connectivity index (χ3n) is 3.05. The lowest BCUT2D eigenvalue weighted by Gasteiger charge is -2.15. The van der Waals surface area contributed by atoms with E-state index in [1.807, 2.05) is 0 Å². The van der Waals surface area contributed by atoms with Crippen LogP contribution in [0.1, 0.15) is 19.8 Å². The number of methoxy groups -OCH3 is 1. The standard InChI is InChI=1S/C11H19NO4/c1-8-5-12(6-9(8)7-16-2)10(13)3-4-11(14)15/h8-9H,3-7H2,1-2H3,(H,14,15)/t8-,9-/m1/s1. The van der Waals surface area contributed by atoms with Crippen LogP contribution in [0.25, 0.3) is 0 Å². The summed E-state index contributed by atoms with van der Waals surface area (Å²) in [4.78, 5) is 23.8. The summed E-state index contributed by atoms with van der Waals surface area (Å²) >= 11 is 0. The van der Waals surface area contributed by atoms with Crippen LogP contribution in [0, 0.1) is 11.8 Å². The Bertz CT molecular complexity index is 267. The highest BCUT2D eigenvalue weighted by molar-refractivity contribution is 5.80. The highest BCUT2D eigenvalue weighted by Gasteiger charge is 2.31. The minimum atomic E-state index is -0.922. The lowest BCUT2D eigenvalue weighted by Crippen LogP contribution is -2.29. The lowest BCUT2D eigenvalue weighted by atomic mass is 10.00. The Hall–Kier alpha value is -1.10. The highest BCUT2D eigenvalue weighted by Crippen LogP contribution is 2.23. The molecule has 1 rings (SSSR count). The van der Waals surface area contributed by atoms with Crippen molar-refractivity contribution in [3.8, 4) is 0 Å². The predicted molar refractivity (Wildman–Crippen MR) is 58.0 cm³/mol. The molecule has 1 aliphatic heterocycles. The van der Waals surface area contributed by atoms with Gasteiger partial charge in [-0.2, -0.15) is 0 Å². The summed E-state index contributed by atoms with van der Waals surface area (Å²) in [5, 5.41) is 8.50. The Kier molecular flexibility index (Phi) is 4.73. The van der Waals surface area contributed by atoms with Gasteiger partial charge >= 0.3 is 5.97 Å². The van der Waals surface area contributed by atoms with E-state index >= 15 is 0 Å². The summed E-state index contributed by atoms with van der Waals surface area (Å²) in [6.07, 6.45) is 0.0143. The van der Waals surface area contributed by atoms with E-state index in [4.69, 9.17) is 9.84 Å². The van der Waals surface area contributed by atoms with Crippen molar-refractivity contribution in [2.75, 3.05) is 26.8 Å². The first kappa shape index (κ1) is 13.0. The number of carbonyl (C=O) groups excluding carboxylic acids is 1. The number of hydrogen-bond donors (Lipinski definition) is 1. The highest BCUT2D eigenvalue weighted by atomic mass is 16.5. The molecule has 16 heavy (non-hydrogen) atoms. The first-order valence-corrected chi connectivity index (χ1v) is 5.53. The Morgan fingerprint density at radius 2 is 2.06 bits per heavy atom. The summed E-state index contributed by atoms with van der Waals surface area (Å²) in [5.41, 5.74) is 0. The van der Waals surface area contributed by atoms with Crippen molar-refractivity contribution in [2.45, 2.75) is 19.8 Å². The van der Waals surface area contributed by atoms with Gasteiger partial charge in [0.2, 0.25) is 5.91 Å². The Morgan fingerprint density at radius 3 is 2.62 bits per heavy atom. The first-order valence-electron chi connectivity index (χ1n) is 5.53. The molecule has 1 fully saturated rings. The molecule has 1 aliphatic rings. The van der Waals surface area contributed by atoms with Gasteiger partial charge < -0.3 is 14.7 Å². The topological polar surface area (TPSA) is 66.8 Å². The van der Waals surface area contributed by atoms with Crippen LogP contribution >= 0.6 is 0 Å². The molecule has 5 heteroatoms. The number of carboxylic acid groups (broad SMARTS) is 1. The molecule has 0 unspecified atom stereocenters. The number of amides is 1. The lowest BCUT2D eigenvalue weighted by molar-refractivity contribution is -0.140. The molecule has 0 bridgehead atoms. The maximum absolute atomic E-state index is 11.7. The zero-order chi connectivity index (χ0) is 12.1. The summed E-state index contributed by atoms with van der Waals surface area (Å²) < 4.78 is 5.09. The van der Waals surface area contributed by atoms with Crippen molar-refractivity contribution in [3.05, 3.63) is 0 Å². The van der Waals surface area contributed by atoms with Gasteiger partial charge in [-0.25, -0.2) is 0 Å². The molecule has 0 radical (unpaired) electrons.